The van der Waals surface area contributed by atoms with Gasteiger partial charge in [0.05, 0.1) is 18.9 Å². The number of nitrogens with two attached hydrogens (primary N) is 6. The maximum absolute atomic E-state index is 14.9. The molecule has 34 N–H and O–H groups in total. The number of hydrogen-bond acceptors (Lipinski definition) is 22. The molecule has 0 radical (unpaired) electrons. The van der Waals surface area contributed by atoms with Crippen molar-refractivity contribution in [2.45, 2.75) is 250 Å². The summed E-state index contributed by atoms with van der Waals surface area (Å²) in [7, 11) is 0. The highest BCUT2D eigenvalue weighted by Crippen LogP contribution is 2.25. The van der Waals surface area contributed by atoms with E-state index in [1.165, 1.54) is 57.6 Å². The minimum absolute atomic E-state index is 0.0728. The van der Waals surface area contributed by atoms with Crippen LogP contribution in [0.4, 0.5) is 22.0 Å². The van der Waals surface area contributed by atoms with Crippen molar-refractivity contribution in [1.82, 2.24) is 95.0 Å². The van der Waals surface area contributed by atoms with E-state index in [2.05, 4.69) is 89.7 Å². The second kappa shape index (κ2) is 54.5. The number of carbonyl (C=O) groups is 16. The molecule has 130 heavy (non-hydrogen) atoms. The number of rotatable bonds is 57. The second-order valence-electron chi connectivity index (χ2n) is 32.6. The molecule has 0 saturated heterocycles. The third-order valence-electron chi connectivity index (χ3n) is 19.6. The maximum Gasteiger partial charge on any atom is 0.245 e. The van der Waals surface area contributed by atoms with Gasteiger partial charge in [-0.3, -0.25) is 92.9 Å². The molecule has 14 atom stereocenters. The molecule has 722 valence electrons. The van der Waals surface area contributed by atoms with E-state index in [1.807, 2.05) is 19.2 Å². The van der Waals surface area contributed by atoms with E-state index >= 15 is 0 Å². The molecule has 0 aliphatic rings. The van der Waals surface area contributed by atoms with Crippen molar-refractivity contribution in [3.63, 3.8) is 0 Å². The maximum atomic E-state index is 14.9. The highest BCUT2D eigenvalue weighted by molar-refractivity contribution is 6.01. The summed E-state index contributed by atoms with van der Waals surface area (Å²) in [5.41, 5.74) is 31.9. The highest BCUT2D eigenvalue weighted by atomic mass is 19.2. The Balaban J connectivity index is 2.02. The predicted molar refractivity (Wildman–Crippen MR) is 459 cm³/mol. The molecular formula is C80H124F5N27O18. The molecule has 3 rings (SSSR count). The molecular weight excluding hydrogens is 1720 g/mol. The van der Waals surface area contributed by atoms with Gasteiger partial charge in [0.25, 0.3) is 0 Å². The van der Waals surface area contributed by atoms with Gasteiger partial charge in [-0.25, -0.2) is 26.9 Å². The van der Waals surface area contributed by atoms with E-state index in [4.69, 9.17) is 50.6 Å². The molecule has 1 heterocycles. The quantitative estimate of drug-likeness (QED) is 0.00627. The van der Waals surface area contributed by atoms with Gasteiger partial charge in [-0.15, -0.1) is 0 Å². The predicted octanol–water partition coefficient (Wildman–Crippen LogP) is -5.25. The third-order valence-corrected chi connectivity index (χ3v) is 19.6. The number of carbonyl (C=O) groups excluding carboxylic acids is 16. The van der Waals surface area contributed by atoms with Crippen molar-refractivity contribution in [2.24, 2.45) is 58.1 Å². The van der Waals surface area contributed by atoms with Crippen LogP contribution in [0, 0.1) is 69.0 Å². The minimum atomic E-state index is -2.54. The fraction of sp³-hybridized carbons (Fsp3) is 0.575. The summed E-state index contributed by atoms with van der Waals surface area (Å²) in [6, 6.07) is -16.9. The number of phenolic OH excluding ortho intramolecular Hbond substituents is 1. The number of aromatic nitrogens is 2. The van der Waals surface area contributed by atoms with Crippen LogP contribution in [-0.2, 0) is 96.0 Å². The molecule has 0 aliphatic heterocycles. The Morgan fingerprint density at radius 1 is 0.392 bits per heavy atom. The van der Waals surface area contributed by atoms with Crippen molar-refractivity contribution < 1.29 is 109 Å². The van der Waals surface area contributed by atoms with Gasteiger partial charge in [0.15, 0.2) is 41.1 Å². The van der Waals surface area contributed by atoms with Crippen LogP contribution >= 0.6 is 0 Å². The van der Waals surface area contributed by atoms with Crippen LogP contribution < -0.4 is 119 Å². The van der Waals surface area contributed by atoms with Crippen molar-refractivity contribution >= 4 is 112 Å². The molecule has 0 spiro atoms. The Bertz CT molecular complexity index is 4430. The summed E-state index contributed by atoms with van der Waals surface area (Å²) < 4.78 is 72.1. The van der Waals surface area contributed by atoms with E-state index in [-0.39, 0.29) is 95.0 Å². The Morgan fingerprint density at radius 3 is 1.09 bits per heavy atom. The van der Waals surface area contributed by atoms with E-state index < -0.39 is 282 Å². The number of amides is 16. The standard InChI is InChI=1S/C80H124F5N27O18/c1-35(2)26-50(100-40(10)114)70(123)102-46(15-12-24-97-79(91)92)68(121)109-54(30-42-33-95-34-99-42)73(126)108-53(29-41-17-19-43(115)20-18-41)72(125)106-51(27-36(3)4)71(124)110-55(32-57(87)117)74(127)107-52(28-37(5)6)75(128)111-63(38(7)8)76(129)112-64(39(9)113)77(130)104-47(16-13-25-98-80(93)94)66(119)103-48(21-22-56(86)116)69(122)101-45(14-11-23-96-78(89)90)67(120)105-49(65(88)118)31-44-58(81)60(83)62(85)61(84)59(44)82/h17-20,33-39,45-55,63-64,113,115H,11-16,21-32H2,1-10H3,(H2,86,116)(H2,87,117)(H2,88,118)(H,95,99)(H,100,114)(H,101,122)(H,102,123)(H,103,119)(H,104,130)(H,105,120)(H,106,125)(H,107,127)(H,108,126)(H,109,121)(H,110,124)(H,111,128)(H,112,129)(H4,89,90,96)(H4,91,92,97)(H4,93,94,98)/t39-,45+,46+,47+,48+,49+,50+,51+,52+,53+,54+,55+,63+,64+/m1/s1. The number of aliphatic hydroxyl groups is 1. The van der Waals surface area contributed by atoms with Crippen molar-refractivity contribution in [3.05, 3.63) is 82.7 Å². The lowest BCUT2D eigenvalue weighted by Gasteiger charge is -2.30. The zero-order chi connectivity index (χ0) is 98.3. The number of aromatic hydroxyl groups is 1. The first-order valence-electron chi connectivity index (χ1n) is 41.8. The molecule has 45 nitrogen and oxygen atoms in total. The Labute approximate surface area is 746 Å². The number of guanidine groups is 3. The number of hydrogen-bond donors (Lipinski definition) is 28. The van der Waals surface area contributed by atoms with Crippen LogP contribution in [0.15, 0.2) is 36.8 Å². The zero-order valence-corrected chi connectivity index (χ0v) is 73.8. The largest absolute Gasteiger partial charge is 0.508 e. The summed E-state index contributed by atoms with van der Waals surface area (Å²) in [6.07, 6.45) is -4.96. The number of aromatic amines is 1. The molecule has 2 aromatic carbocycles. The number of nitrogens with zero attached hydrogens (tertiary/aromatic N) is 1. The van der Waals surface area contributed by atoms with Gasteiger partial charge in [-0.2, -0.15) is 0 Å². The number of H-pyrrole nitrogens is 1. The molecule has 1 aromatic heterocycles. The normalized spacial score (nSPS) is 14.4. The molecule has 50 heteroatoms. The number of nitrogens with one attached hydrogen (secondary N) is 20. The van der Waals surface area contributed by atoms with Gasteiger partial charge >= 0.3 is 0 Å². The SMILES string of the molecule is CC(=O)N[C@@H](CC(C)C)C(=O)N[C@@H](CCCNC(=N)N)C(=O)N[C@@H](Cc1cnc[nH]1)C(=O)N[C@@H](Cc1ccc(O)cc1)C(=O)N[C@@H](CC(C)C)C(=O)N[C@@H](CC(N)=O)C(=O)N[C@@H](CC(C)C)C(=O)N[C@H](C(=O)N[C@H](C(=O)N[C@@H](CCCNC(=N)N)C(=O)N[C@@H](CCC(N)=O)C(=O)N[C@@H](CCCNC(=N)N)C(=O)N[C@@H](Cc1c(F)c(F)c(F)c(F)c1F)C(N)=O)[C@@H](C)O)C(C)C. The number of halogens is 5. The van der Waals surface area contributed by atoms with Crippen LogP contribution in [0.5, 0.6) is 5.75 Å². The van der Waals surface area contributed by atoms with Gasteiger partial charge in [0.1, 0.15) is 84.3 Å². The van der Waals surface area contributed by atoms with E-state index in [0.29, 0.717) is 11.3 Å². The molecule has 16 amide bonds. The topological polar surface area (TPSA) is 762 Å². The molecule has 0 fully saturated rings. The molecule has 0 unspecified atom stereocenters. The van der Waals surface area contributed by atoms with E-state index in [1.54, 1.807) is 27.7 Å². The molecule has 0 bridgehead atoms. The van der Waals surface area contributed by atoms with Gasteiger partial charge in [-0.1, -0.05) is 67.5 Å². The van der Waals surface area contributed by atoms with Gasteiger partial charge in [0, 0.05) is 69.7 Å². The minimum Gasteiger partial charge on any atom is -0.508 e. The summed E-state index contributed by atoms with van der Waals surface area (Å²) in [5.74, 6) is -33.4. The fourth-order valence-corrected chi connectivity index (χ4v) is 13.0. The second-order valence-corrected chi connectivity index (χ2v) is 32.6. The monoisotopic (exact) mass is 1850 g/mol. The van der Waals surface area contributed by atoms with Crippen LogP contribution in [0.3, 0.4) is 0 Å². The molecule has 0 aliphatic carbocycles. The van der Waals surface area contributed by atoms with E-state index in [0.717, 1.165) is 6.92 Å². The zero-order valence-electron chi connectivity index (χ0n) is 73.8. The summed E-state index contributed by atoms with van der Waals surface area (Å²) in [5, 5.41) is 83.5. The number of benzene rings is 2. The summed E-state index contributed by atoms with van der Waals surface area (Å²) >= 11 is 0. The van der Waals surface area contributed by atoms with Crippen molar-refractivity contribution in [1.29, 1.82) is 16.2 Å². The molecule has 3 aromatic rings. The van der Waals surface area contributed by atoms with Crippen molar-refractivity contribution in [2.75, 3.05) is 19.6 Å². The van der Waals surface area contributed by atoms with Crippen molar-refractivity contribution in [3.8, 4) is 5.75 Å². The highest BCUT2D eigenvalue weighted by Gasteiger charge is 2.41. The Kier molecular flexibility index (Phi) is 46.4. The third kappa shape index (κ3) is 39.3. The number of phenols is 1. The first-order valence-corrected chi connectivity index (χ1v) is 41.8. The summed E-state index contributed by atoms with van der Waals surface area (Å²) in [4.78, 5) is 231. The first kappa shape index (κ1) is 111. The molecule has 0 saturated carbocycles. The first-order chi connectivity index (χ1) is 60.8. The van der Waals surface area contributed by atoms with Gasteiger partial charge in [0.2, 0.25) is 100 Å². The lowest BCUT2D eigenvalue weighted by Crippen LogP contribution is -2.63. The lowest BCUT2D eigenvalue weighted by molar-refractivity contribution is -0.138. The van der Waals surface area contributed by atoms with Gasteiger partial charge in [-0.05, 0) is 112 Å². The Morgan fingerprint density at radius 2 is 0.723 bits per heavy atom. The average molecular weight is 1850 g/mol. The van der Waals surface area contributed by atoms with Crippen LogP contribution in [0.2, 0.25) is 0 Å². The Hall–Kier alpha value is -13.6. The number of aliphatic hydroxyl groups excluding tert-OH is 1. The average Bonchev–Trinajstić information content (AvgIpc) is 0.844. The van der Waals surface area contributed by atoms with Crippen LogP contribution in [0.1, 0.15) is 163 Å². The number of primary amides is 3. The number of imidazole rings is 1. The van der Waals surface area contributed by atoms with Gasteiger partial charge < -0.3 is 135 Å². The van der Waals surface area contributed by atoms with Crippen LogP contribution in [-0.4, -0.2) is 237 Å². The smallest absolute Gasteiger partial charge is 0.245 e. The van der Waals surface area contributed by atoms with Crippen LogP contribution in [0.25, 0.3) is 0 Å². The summed E-state index contributed by atoms with van der Waals surface area (Å²) in [6.45, 7) is 15.1. The van der Waals surface area contributed by atoms with E-state index in [9.17, 15) is 109 Å². The lowest BCUT2D eigenvalue weighted by atomic mass is 9.98. The fourth-order valence-electron chi connectivity index (χ4n) is 13.0.